The van der Waals surface area contributed by atoms with Crippen LogP contribution in [0.3, 0.4) is 0 Å². The van der Waals surface area contributed by atoms with Gasteiger partial charge in [-0.15, -0.1) is 0 Å². The van der Waals surface area contributed by atoms with Gasteiger partial charge in [0.25, 0.3) is 11.8 Å². The van der Waals surface area contributed by atoms with Gasteiger partial charge < -0.3 is 31.5 Å². The zero-order valence-electron chi connectivity index (χ0n) is 21.8. The van der Waals surface area contributed by atoms with Gasteiger partial charge >= 0.3 is 5.97 Å². The van der Waals surface area contributed by atoms with Crippen molar-refractivity contribution in [2.75, 3.05) is 13.1 Å². The lowest BCUT2D eigenvalue weighted by Gasteiger charge is -2.32. The van der Waals surface area contributed by atoms with Gasteiger partial charge in [-0.2, -0.15) is 5.06 Å². The van der Waals surface area contributed by atoms with Gasteiger partial charge in [0, 0.05) is 38.8 Å². The van der Waals surface area contributed by atoms with Crippen LogP contribution in [0.1, 0.15) is 73.6 Å². The number of imide groups is 1. The first-order valence-electron chi connectivity index (χ1n) is 11.5. The molecule has 14 heteroatoms. The Balaban J connectivity index is 0.00000128. The standard InChI is InChI=1S/C18H35N5O5.C4H5NO3/c1-12(22-27)17(3,4)19-10-14(11-20-18(5,6)13(2)23-28)21-15(24)8-7-9-16(25)26;6-3-1-2-4(7)5(3)8/h14,19-20,27-28H,7-11H2,1-6H3,(H,21,24)(H,25,26);8H,1-2H2/b22-12+,23-13+;. The summed E-state index contributed by atoms with van der Waals surface area (Å²) in [6, 6.07) is -0.325. The number of carbonyl (C=O) groups is 4. The number of aliphatic carboxylic acids is 1. The molecule has 0 radical (unpaired) electrons. The van der Waals surface area contributed by atoms with Crippen molar-refractivity contribution in [2.45, 2.75) is 90.8 Å². The number of amides is 3. The SMILES string of the molecule is C/C(=N\O)C(C)(C)NCC(CNC(C)(C)/C(C)=N/O)NC(=O)CCCC(=O)O.O=C1CCC(=O)N1O. The normalized spacial score (nSPS) is 15.9. The largest absolute Gasteiger partial charge is 0.481 e. The van der Waals surface area contributed by atoms with Crippen molar-refractivity contribution in [2.24, 2.45) is 10.3 Å². The maximum absolute atomic E-state index is 12.2. The fourth-order valence-corrected chi connectivity index (χ4v) is 2.70. The molecule has 0 aromatic heterocycles. The van der Waals surface area contributed by atoms with Crippen LogP contribution in [0, 0.1) is 0 Å². The summed E-state index contributed by atoms with van der Waals surface area (Å²) in [7, 11) is 0. The van der Waals surface area contributed by atoms with E-state index in [-0.39, 0.29) is 49.1 Å². The van der Waals surface area contributed by atoms with Crippen molar-refractivity contribution < 1.29 is 39.9 Å². The van der Waals surface area contributed by atoms with E-state index in [1.165, 1.54) is 0 Å². The number of hydrogen-bond donors (Lipinski definition) is 7. The van der Waals surface area contributed by atoms with E-state index in [1.54, 1.807) is 13.8 Å². The van der Waals surface area contributed by atoms with Crippen LogP contribution in [-0.4, -0.2) is 91.1 Å². The summed E-state index contributed by atoms with van der Waals surface area (Å²) in [6.07, 6.45) is 0.611. The monoisotopic (exact) mass is 516 g/mol. The number of carbonyl (C=O) groups excluding carboxylic acids is 3. The minimum Gasteiger partial charge on any atom is -0.481 e. The molecule has 0 saturated carbocycles. The third-order valence-corrected chi connectivity index (χ3v) is 5.87. The number of oxime groups is 2. The van der Waals surface area contributed by atoms with E-state index in [2.05, 4.69) is 26.3 Å². The molecule has 0 aromatic carbocycles. The lowest BCUT2D eigenvalue weighted by atomic mass is 9.98. The molecule has 0 unspecified atom stereocenters. The highest BCUT2D eigenvalue weighted by Gasteiger charge is 2.27. The molecule has 1 rings (SSSR count). The van der Waals surface area contributed by atoms with Crippen molar-refractivity contribution >= 4 is 35.1 Å². The van der Waals surface area contributed by atoms with Crippen LogP contribution in [0.2, 0.25) is 0 Å². The Morgan fingerprint density at radius 1 is 0.917 bits per heavy atom. The predicted octanol–water partition coefficient (Wildman–Crippen LogP) is 0.687. The molecule has 1 aliphatic rings. The van der Waals surface area contributed by atoms with E-state index >= 15 is 0 Å². The van der Waals surface area contributed by atoms with Crippen molar-refractivity contribution in [1.29, 1.82) is 0 Å². The molecular formula is C22H40N6O8. The summed E-state index contributed by atoms with van der Waals surface area (Å²) >= 11 is 0. The van der Waals surface area contributed by atoms with Gasteiger partial charge in [-0.3, -0.25) is 24.4 Å². The molecule has 7 N–H and O–H groups in total. The first-order valence-corrected chi connectivity index (χ1v) is 11.5. The molecule has 0 aromatic rings. The second-order valence-corrected chi connectivity index (χ2v) is 9.49. The predicted molar refractivity (Wildman–Crippen MR) is 130 cm³/mol. The Kier molecular flexibility index (Phi) is 13.8. The van der Waals surface area contributed by atoms with Crippen LogP contribution in [0.25, 0.3) is 0 Å². The third-order valence-electron chi connectivity index (χ3n) is 5.87. The van der Waals surface area contributed by atoms with Crippen LogP contribution in [0.15, 0.2) is 10.3 Å². The highest BCUT2D eigenvalue weighted by atomic mass is 16.5. The van der Waals surface area contributed by atoms with Gasteiger partial charge in [-0.25, -0.2) is 0 Å². The van der Waals surface area contributed by atoms with E-state index in [0.717, 1.165) is 0 Å². The molecule has 1 saturated heterocycles. The van der Waals surface area contributed by atoms with Gasteiger partial charge in [0.15, 0.2) is 0 Å². The average Bonchev–Trinajstić information content (AvgIpc) is 3.10. The Morgan fingerprint density at radius 3 is 1.64 bits per heavy atom. The molecule has 14 nitrogen and oxygen atoms in total. The van der Waals surface area contributed by atoms with Crippen LogP contribution < -0.4 is 16.0 Å². The zero-order valence-corrected chi connectivity index (χ0v) is 21.8. The highest BCUT2D eigenvalue weighted by Crippen LogP contribution is 2.08. The summed E-state index contributed by atoms with van der Waals surface area (Å²) in [5.41, 5.74) is -0.177. The number of nitrogens with one attached hydrogen (secondary N) is 3. The smallest absolute Gasteiger partial charge is 0.303 e. The van der Waals surface area contributed by atoms with Crippen LogP contribution >= 0.6 is 0 Å². The van der Waals surface area contributed by atoms with Crippen LogP contribution in [0.5, 0.6) is 0 Å². The first kappa shape index (κ1) is 32.9. The van der Waals surface area contributed by atoms with E-state index in [1.807, 2.05) is 27.7 Å². The number of carboxylic acid groups (broad SMARTS) is 1. The lowest BCUT2D eigenvalue weighted by Crippen LogP contribution is -2.57. The molecule has 1 aliphatic heterocycles. The van der Waals surface area contributed by atoms with E-state index in [4.69, 9.17) is 20.7 Å². The van der Waals surface area contributed by atoms with Crippen molar-refractivity contribution in [1.82, 2.24) is 21.0 Å². The Morgan fingerprint density at radius 2 is 1.33 bits per heavy atom. The van der Waals surface area contributed by atoms with Crippen LogP contribution in [-0.2, 0) is 19.2 Å². The molecule has 1 fully saturated rings. The molecule has 3 amide bonds. The molecule has 0 bridgehead atoms. The second kappa shape index (κ2) is 15.1. The molecule has 0 atom stereocenters. The quantitative estimate of drug-likeness (QED) is 0.0597. The van der Waals surface area contributed by atoms with E-state index in [0.29, 0.717) is 24.5 Å². The van der Waals surface area contributed by atoms with Crippen molar-refractivity contribution in [3.8, 4) is 0 Å². The fraction of sp³-hybridized carbons (Fsp3) is 0.727. The van der Waals surface area contributed by atoms with Crippen LogP contribution in [0.4, 0.5) is 0 Å². The maximum Gasteiger partial charge on any atom is 0.303 e. The van der Waals surface area contributed by atoms with Gasteiger partial charge in [-0.1, -0.05) is 10.3 Å². The third kappa shape index (κ3) is 12.0. The zero-order chi connectivity index (χ0) is 28.1. The van der Waals surface area contributed by atoms with Gasteiger partial charge in [-0.05, 0) is 48.0 Å². The number of hydroxylamine groups is 2. The Hall–Kier alpha value is -3.10. The van der Waals surface area contributed by atoms with Gasteiger partial charge in [0.2, 0.25) is 5.91 Å². The fourth-order valence-electron chi connectivity index (χ4n) is 2.70. The number of hydrogen-bond acceptors (Lipinski definition) is 11. The summed E-state index contributed by atoms with van der Waals surface area (Å²) in [5.74, 6) is -2.19. The number of rotatable bonds is 13. The summed E-state index contributed by atoms with van der Waals surface area (Å²) in [6.45, 7) is 11.6. The summed E-state index contributed by atoms with van der Waals surface area (Å²) < 4.78 is 0. The van der Waals surface area contributed by atoms with E-state index in [9.17, 15) is 19.2 Å². The number of carboxylic acids is 1. The number of nitrogens with zero attached hydrogens (tertiary/aromatic N) is 3. The first-order chi connectivity index (χ1) is 16.6. The second-order valence-electron chi connectivity index (χ2n) is 9.49. The molecule has 1 heterocycles. The molecule has 0 aliphatic carbocycles. The Bertz CT molecular complexity index is 790. The van der Waals surface area contributed by atoms with Crippen molar-refractivity contribution in [3.05, 3.63) is 0 Å². The highest BCUT2D eigenvalue weighted by molar-refractivity contribution is 6.00. The topological polar surface area (TPSA) is 213 Å². The summed E-state index contributed by atoms with van der Waals surface area (Å²) in [4.78, 5) is 43.3. The maximum atomic E-state index is 12.2. The lowest BCUT2D eigenvalue weighted by molar-refractivity contribution is -0.171. The minimum atomic E-state index is -0.936. The average molecular weight is 517 g/mol. The molecular weight excluding hydrogens is 476 g/mol. The van der Waals surface area contributed by atoms with Crippen molar-refractivity contribution in [3.63, 3.8) is 0 Å². The summed E-state index contributed by atoms with van der Waals surface area (Å²) in [5, 5.41) is 51.1. The minimum absolute atomic E-state index is 0.0625. The van der Waals surface area contributed by atoms with Gasteiger partial charge in [0.05, 0.1) is 28.5 Å². The van der Waals surface area contributed by atoms with Gasteiger partial charge in [0.1, 0.15) is 0 Å². The van der Waals surface area contributed by atoms with E-state index < -0.39 is 28.9 Å². The Labute approximate surface area is 210 Å². The molecule has 36 heavy (non-hydrogen) atoms. The molecule has 0 spiro atoms. The molecule has 206 valence electrons.